The molecule has 5 rings (SSSR count). The van der Waals surface area contributed by atoms with Gasteiger partial charge in [0.25, 0.3) is 5.91 Å². The Labute approximate surface area is 215 Å². The number of carbonyl (C=O) groups is 1. The van der Waals surface area contributed by atoms with Crippen LogP contribution >= 0.6 is 11.8 Å². The Morgan fingerprint density at radius 2 is 1.81 bits per heavy atom. The molecule has 0 N–H and O–H groups in total. The molecule has 3 heterocycles. The van der Waals surface area contributed by atoms with Crippen LogP contribution in [0.4, 0.5) is 0 Å². The SMILES string of the molecule is CCCOc1ccc(-c2nn(-c3ccccc3)cc2/C=C2\SC(N3C[C@H](C)O[C@@H](C)C3)=NC2=O)cc1. The van der Waals surface area contributed by atoms with Crippen LogP contribution in [0, 0.1) is 0 Å². The van der Waals surface area contributed by atoms with Gasteiger partial charge in [-0.2, -0.15) is 10.1 Å². The number of carbonyl (C=O) groups excluding carboxylic acids is 1. The van der Waals surface area contributed by atoms with E-state index in [1.807, 2.05) is 85.4 Å². The molecule has 0 aliphatic carbocycles. The summed E-state index contributed by atoms with van der Waals surface area (Å²) in [5.74, 6) is 0.611. The summed E-state index contributed by atoms with van der Waals surface area (Å²) in [6, 6.07) is 17.9. The van der Waals surface area contributed by atoms with Gasteiger partial charge in [-0.05, 0) is 74.5 Å². The Morgan fingerprint density at radius 3 is 2.50 bits per heavy atom. The van der Waals surface area contributed by atoms with Gasteiger partial charge < -0.3 is 14.4 Å². The normalized spacial score (nSPS) is 21.2. The highest BCUT2D eigenvalue weighted by molar-refractivity contribution is 8.18. The fourth-order valence-corrected chi connectivity index (χ4v) is 5.29. The minimum Gasteiger partial charge on any atom is -0.494 e. The maximum Gasteiger partial charge on any atom is 0.286 e. The van der Waals surface area contributed by atoms with Gasteiger partial charge >= 0.3 is 0 Å². The van der Waals surface area contributed by atoms with Crippen molar-refractivity contribution in [1.29, 1.82) is 0 Å². The van der Waals surface area contributed by atoms with Crippen LogP contribution in [0.1, 0.15) is 32.8 Å². The Kier molecular flexibility index (Phi) is 7.25. The summed E-state index contributed by atoms with van der Waals surface area (Å²) in [7, 11) is 0. The van der Waals surface area contributed by atoms with Crippen LogP contribution in [0.2, 0.25) is 0 Å². The van der Waals surface area contributed by atoms with Gasteiger partial charge in [-0.3, -0.25) is 4.79 Å². The highest BCUT2D eigenvalue weighted by Crippen LogP contribution is 2.34. The van der Waals surface area contributed by atoms with E-state index in [-0.39, 0.29) is 18.1 Å². The molecule has 2 aromatic carbocycles. The molecule has 0 saturated carbocycles. The molecule has 186 valence electrons. The second-order valence-corrected chi connectivity index (χ2v) is 10.1. The predicted molar refractivity (Wildman–Crippen MR) is 144 cm³/mol. The second-order valence-electron chi connectivity index (χ2n) is 9.06. The summed E-state index contributed by atoms with van der Waals surface area (Å²) >= 11 is 1.42. The fraction of sp³-hybridized carbons (Fsp3) is 0.321. The Morgan fingerprint density at radius 1 is 1.08 bits per heavy atom. The van der Waals surface area contributed by atoms with Gasteiger partial charge in [0.2, 0.25) is 0 Å². The van der Waals surface area contributed by atoms with Crippen molar-refractivity contribution in [1.82, 2.24) is 14.7 Å². The maximum absolute atomic E-state index is 12.9. The first-order valence-corrected chi connectivity index (χ1v) is 13.1. The molecule has 0 spiro atoms. The molecule has 1 aromatic heterocycles. The first kappa shape index (κ1) is 24.3. The van der Waals surface area contributed by atoms with Crippen LogP contribution in [-0.4, -0.2) is 57.7 Å². The van der Waals surface area contributed by atoms with E-state index in [0.717, 1.165) is 52.9 Å². The summed E-state index contributed by atoms with van der Waals surface area (Å²) in [4.78, 5) is 20.0. The first-order valence-electron chi connectivity index (χ1n) is 12.3. The van der Waals surface area contributed by atoms with E-state index >= 15 is 0 Å². The molecule has 2 atom stereocenters. The molecule has 1 saturated heterocycles. The van der Waals surface area contributed by atoms with E-state index in [1.165, 1.54) is 11.8 Å². The standard InChI is InChI=1S/C28H30N4O3S/c1-4-14-34-24-12-10-21(11-13-24)26-22(18-32(30-26)23-8-6-5-7-9-23)15-25-27(33)29-28(36-25)31-16-19(2)35-20(3)17-31/h5-13,15,18-20H,4,14,16-17H2,1-3H3/b25-15-/t19-,20-/m0/s1. The Bertz CT molecular complexity index is 1270. The lowest BCUT2D eigenvalue weighted by Gasteiger charge is -2.35. The quantitative estimate of drug-likeness (QED) is 0.420. The van der Waals surface area contributed by atoms with Gasteiger partial charge in [0.1, 0.15) is 5.75 Å². The van der Waals surface area contributed by atoms with Crippen LogP contribution in [0.15, 0.2) is 70.7 Å². The number of ether oxygens (including phenoxy) is 2. The zero-order valence-corrected chi connectivity index (χ0v) is 21.6. The zero-order chi connectivity index (χ0) is 25.1. The van der Waals surface area contributed by atoms with E-state index in [1.54, 1.807) is 0 Å². The lowest BCUT2D eigenvalue weighted by molar-refractivity contribution is -0.113. The van der Waals surface area contributed by atoms with E-state index in [2.05, 4.69) is 16.8 Å². The maximum atomic E-state index is 12.9. The average Bonchev–Trinajstić information content (AvgIpc) is 3.47. The number of amides is 1. The smallest absolute Gasteiger partial charge is 0.286 e. The van der Waals surface area contributed by atoms with Crippen molar-refractivity contribution in [2.75, 3.05) is 19.7 Å². The molecule has 1 amide bonds. The van der Waals surface area contributed by atoms with E-state index in [4.69, 9.17) is 14.6 Å². The average molecular weight is 503 g/mol. The van der Waals surface area contributed by atoms with Gasteiger partial charge in [-0.15, -0.1) is 0 Å². The number of aromatic nitrogens is 2. The number of thioether (sulfide) groups is 1. The number of para-hydroxylation sites is 1. The highest BCUT2D eigenvalue weighted by atomic mass is 32.2. The number of morpholine rings is 1. The molecular formula is C28H30N4O3S. The van der Waals surface area contributed by atoms with E-state index < -0.39 is 0 Å². The van der Waals surface area contributed by atoms with Crippen molar-refractivity contribution >= 4 is 28.9 Å². The largest absolute Gasteiger partial charge is 0.494 e. The summed E-state index contributed by atoms with van der Waals surface area (Å²) in [6.45, 7) is 8.30. The molecule has 8 heteroatoms. The van der Waals surface area contributed by atoms with Crippen molar-refractivity contribution < 1.29 is 14.3 Å². The molecule has 2 aliphatic rings. The lowest BCUT2D eigenvalue weighted by Crippen LogP contribution is -2.47. The van der Waals surface area contributed by atoms with Crippen LogP contribution in [0.25, 0.3) is 23.0 Å². The third kappa shape index (κ3) is 5.39. The minimum atomic E-state index is -0.219. The molecular weight excluding hydrogens is 472 g/mol. The molecule has 2 aliphatic heterocycles. The van der Waals surface area contributed by atoms with E-state index in [9.17, 15) is 4.79 Å². The highest BCUT2D eigenvalue weighted by Gasteiger charge is 2.31. The van der Waals surface area contributed by atoms with Crippen molar-refractivity contribution in [2.24, 2.45) is 4.99 Å². The van der Waals surface area contributed by atoms with Crippen LogP contribution < -0.4 is 4.74 Å². The number of benzene rings is 2. The van der Waals surface area contributed by atoms with Gasteiger partial charge in [0.15, 0.2) is 5.17 Å². The van der Waals surface area contributed by atoms with Gasteiger partial charge in [-0.25, -0.2) is 4.68 Å². The molecule has 3 aromatic rings. The predicted octanol–water partition coefficient (Wildman–Crippen LogP) is 5.41. The third-order valence-corrected chi connectivity index (χ3v) is 6.99. The van der Waals surface area contributed by atoms with Crippen molar-refractivity contribution in [2.45, 2.75) is 39.4 Å². The monoisotopic (exact) mass is 502 g/mol. The Balaban J connectivity index is 1.46. The molecule has 0 bridgehead atoms. The molecule has 1 fully saturated rings. The lowest BCUT2D eigenvalue weighted by atomic mass is 10.1. The third-order valence-electron chi connectivity index (χ3n) is 5.95. The second kappa shape index (κ2) is 10.7. The first-order chi connectivity index (χ1) is 17.5. The van der Waals surface area contributed by atoms with Crippen molar-refractivity contribution in [3.05, 3.63) is 71.3 Å². The fourth-order valence-electron chi connectivity index (χ4n) is 4.37. The molecule has 0 radical (unpaired) electrons. The number of aliphatic imine (C=N–C) groups is 1. The van der Waals surface area contributed by atoms with Crippen molar-refractivity contribution in [3.8, 4) is 22.7 Å². The summed E-state index contributed by atoms with van der Waals surface area (Å²) in [5, 5.41) is 5.62. The molecule has 0 unspecified atom stereocenters. The van der Waals surface area contributed by atoms with Gasteiger partial charge in [0.05, 0.1) is 35.1 Å². The van der Waals surface area contributed by atoms with Gasteiger partial charge in [0, 0.05) is 30.4 Å². The van der Waals surface area contributed by atoms with Crippen LogP contribution in [0.3, 0.4) is 0 Å². The summed E-state index contributed by atoms with van der Waals surface area (Å²) < 4.78 is 13.4. The molecule has 36 heavy (non-hydrogen) atoms. The number of hydrogen-bond acceptors (Lipinski definition) is 6. The Hall–Kier alpha value is -3.36. The number of nitrogens with zero attached hydrogens (tertiary/aromatic N) is 4. The topological polar surface area (TPSA) is 68.9 Å². The van der Waals surface area contributed by atoms with Crippen molar-refractivity contribution in [3.63, 3.8) is 0 Å². The number of rotatable bonds is 6. The minimum absolute atomic E-state index is 0.0974. The zero-order valence-electron chi connectivity index (χ0n) is 20.8. The number of amidine groups is 1. The van der Waals surface area contributed by atoms with Crippen LogP contribution in [0.5, 0.6) is 5.75 Å². The summed E-state index contributed by atoms with van der Waals surface area (Å²) in [6.07, 6.45) is 5.02. The number of hydrogen-bond donors (Lipinski definition) is 0. The van der Waals surface area contributed by atoms with Crippen LogP contribution in [-0.2, 0) is 9.53 Å². The van der Waals surface area contributed by atoms with E-state index in [0.29, 0.717) is 11.5 Å². The molecule has 7 nitrogen and oxygen atoms in total. The summed E-state index contributed by atoms with van der Waals surface area (Å²) in [5.41, 5.74) is 3.55. The van der Waals surface area contributed by atoms with Gasteiger partial charge in [-0.1, -0.05) is 25.1 Å².